The van der Waals surface area contributed by atoms with Crippen LogP contribution in [0.15, 0.2) is 4.52 Å². The van der Waals surface area contributed by atoms with E-state index in [2.05, 4.69) is 22.1 Å². The molecular formula is C13H19N3O3S. The molecule has 3 rings (SSSR count). The zero-order chi connectivity index (χ0) is 14.5. The first-order valence-corrected chi connectivity index (χ1v) is 7.92. The lowest BCUT2D eigenvalue weighted by atomic mass is 10.1. The molecular weight excluding hydrogens is 278 g/mol. The van der Waals surface area contributed by atoms with Gasteiger partial charge in [-0.3, -0.25) is 9.69 Å². The van der Waals surface area contributed by atoms with Crippen LogP contribution in [-0.2, 0) is 4.79 Å². The summed E-state index contributed by atoms with van der Waals surface area (Å²) in [4.78, 5) is 17.9. The molecule has 1 aliphatic heterocycles. The molecule has 3 atom stereocenters. The second kappa shape index (κ2) is 4.73. The summed E-state index contributed by atoms with van der Waals surface area (Å²) in [6, 6.07) is 0.163. The van der Waals surface area contributed by atoms with E-state index in [-0.39, 0.29) is 17.4 Å². The third kappa shape index (κ3) is 2.13. The molecule has 0 amide bonds. The smallest absolute Gasteiger partial charge is 0.307 e. The number of rotatable bonds is 3. The first-order chi connectivity index (χ1) is 9.43. The topological polar surface area (TPSA) is 79.5 Å². The van der Waals surface area contributed by atoms with Gasteiger partial charge >= 0.3 is 5.97 Å². The zero-order valence-corrected chi connectivity index (χ0v) is 12.7. The number of carbonyl (C=O) groups is 1. The molecule has 1 aliphatic carbocycles. The van der Waals surface area contributed by atoms with Crippen molar-refractivity contribution in [2.24, 2.45) is 11.3 Å². The first kappa shape index (κ1) is 13.9. The Morgan fingerprint density at radius 2 is 2.30 bits per heavy atom. The Labute approximate surface area is 121 Å². The summed E-state index contributed by atoms with van der Waals surface area (Å²) in [6.45, 7) is 4.87. The highest BCUT2D eigenvalue weighted by atomic mass is 32.2. The van der Waals surface area contributed by atoms with Crippen LogP contribution in [0.2, 0.25) is 0 Å². The average molecular weight is 297 g/mol. The maximum Gasteiger partial charge on any atom is 0.307 e. The number of aliphatic carboxylic acids is 1. The first-order valence-electron chi connectivity index (χ1n) is 6.77. The van der Waals surface area contributed by atoms with Crippen LogP contribution in [0, 0.1) is 11.3 Å². The summed E-state index contributed by atoms with van der Waals surface area (Å²) < 4.78 is 5.35. The Bertz CT molecular complexity index is 531. The summed E-state index contributed by atoms with van der Waals surface area (Å²) in [5, 5.41) is 13.3. The minimum atomic E-state index is -0.787. The van der Waals surface area contributed by atoms with Crippen molar-refractivity contribution in [3.05, 3.63) is 11.7 Å². The molecule has 0 bridgehead atoms. The molecule has 6 nitrogen and oxygen atoms in total. The van der Waals surface area contributed by atoms with Crippen molar-refractivity contribution >= 4 is 17.7 Å². The molecule has 110 valence electrons. The third-order valence-corrected chi connectivity index (χ3v) is 5.53. The van der Waals surface area contributed by atoms with E-state index in [4.69, 9.17) is 4.52 Å². The predicted molar refractivity (Wildman–Crippen MR) is 74.6 cm³/mol. The summed E-state index contributed by atoms with van der Waals surface area (Å²) in [6.07, 6.45) is 0. The van der Waals surface area contributed by atoms with Crippen molar-refractivity contribution < 1.29 is 14.4 Å². The second-order valence-corrected chi connectivity index (χ2v) is 7.33. The fraction of sp³-hybridized carbons (Fsp3) is 0.769. The number of hydrogen-bond acceptors (Lipinski definition) is 6. The molecule has 20 heavy (non-hydrogen) atoms. The summed E-state index contributed by atoms with van der Waals surface area (Å²) in [5.74, 6) is 1.85. The van der Waals surface area contributed by atoms with E-state index >= 15 is 0 Å². The predicted octanol–water partition coefficient (Wildman–Crippen LogP) is 1.61. The lowest BCUT2D eigenvalue weighted by Gasteiger charge is -2.29. The summed E-state index contributed by atoms with van der Waals surface area (Å²) in [7, 11) is 2.06. The number of hydrogen-bond donors (Lipinski definition) is 1. The fourth-order valence-electron chi connectivity index (χ4n) is 3.03. The van der Waals surface area contributed by atoms with Crippen LogP contribution in [0.5, 0.6) is 0 Å². The lowest BCUT2D eigenvalue weighted by Crippen LogP contribution is -2.33. The van der Waals surface area contributed by atoms with E-state index in [0.717, 1.165) is 18.1 Å². The fourth-order valence-corrected chi connectivity index (χ4v) is 4.24. The van der Waals surface area contributed by atoms with Gasteiger partial charge in [0.05, 0.1) is 17.9 Å². The van der Waals surface area contributed by atoms with Crippen molar-refractivity contribution in [3.63, 3.8) is 0 Å². The largest absolute Gasteiger partial charge is 0.481 e. The SMILES string of the molecule is CN1CCSCC1c1noc(C2C(C(=O)O)C2(C)C)n1. The molecule has 3 unspecified atom stereocenters. The van der Waals surface area contributed by atoms with Gasteiger partial charge in [-0.25, -0.2) is 0 Å². The highest BCUT2D eigenvalue weighted by Crippen LogP contribution is 2.64. The molecule has 1 aromatic rings. The van der Waals surface area contributed by atoms with Gasteiger partial charge in [-0.2, -0.15) is 16.7 Å². The Balaban J connectivity index is 1.79. The quantitative estimate of drug-likeness (QED) is 0.908. The normalized spacial score (nSPS) is 33.0. The Hall–Kier alpha value is -1.08. The van der Waals surface area contributed by atoms with Crippen LogP contribution in [0.3, 0.4) is 0 Å². The summed E-state index contributed by atoms with van der Waals surface area (Å²) >= 11 is 1.88. The van der Waals surface area contributed by atoms with E-state index in [9.17, 15) is 9.90 Å². The van der Waals surface area contributed by atoms with Crippen molar-refractivity contribution in [1.29, 1.82) is 0 Å². The van der Waals surface area contributed by atoms with E-state index < -0.39 is 11.9 Å². The number of nitrogens with zero attached hydrogens (tertiary/aromatic N) is 3. The monoisotopic (exact) mass is 297 g/mol. The van der Waals surface area contributed by atoms with Gasteiger partial charge in [0.25, 0.3) is 0 Å². The van der Waals surface area contributed by atoms with E-state index in [1.54, 1.807) is 0 Å². The molecule has 2 aliphatic rings. The molecule has 1 aromatic heterocycles. The molecule has 1 saturated carbocycles. The second-order valence-electron chi connectivity index (χ2n) is 6.18. The van der Waals surface area contributed by atoms with E-state index in [0.29, 0.717) is 11.7 Å². The molecule has 2 heterocycles. The van der Waals surface area contributed by atoms with Gasteiger partial charge in [-0.05, 0) is 12.5 Å². The standard InChI is InChI=1S/C13H19N3O3S/c1-13(2)8(9(13)12(17)18)11-14-10(15-19-11)7-6-20-5-4-16(7)3/h7-9H,4-6H2,1-3H3,(H,17,18). The van der Waals surface area contributed by atoms with Crippen LogP contribution in [0.4, 0.5) is 0 Å². The van der Waals surface area contributed by atoms with E-state index in [1.165, 1.54) is 0 Å². The molecule has 1 saturated heterocycles. The molecule has 0 aromatic carbocycles. The number of carboxylic acid groups (broad SMARTS) is 1. The lowest BCUT2D eigenvalue weighted by molar-refractivity contribution is -0.139. The van der Waals surface area contributed by atoms with Gasteiger partial charge < -0.3 is 9.63 Å². The average Bonchev–Trinajstić information content (AvgIpc) is 2.74. The van der Waals surface area contributed by atoms with Gasteiger partial charge in [0, 0.05) is 18.1 Å². The highest BCUT2D eigenvalue weighted by molar-refractivity contribution is 7.99. The van der Waals surface area contributed by atoms with Gasteiger partial charge in [0.1, 0.15) is 0 Å². The maximum atomic E-state index is 11.2. The molecule has 1 N–H and O–H groups in total. The van der Waals surface area contributed by atoms with Crippen molar-refractivity contribution in [2.45, 2.75) is 25.8 Å². The number of aromatic nitrogens is 2. The van der Waals surface area contributed by atoms with Crippen molar-refractivity contribution in [3.8, 4) is 0 Å². The summed E-state index contributed by atoms with van der Waals surface area (Å²) in [5.41, 5.74) is -0.303. The Kier molecular flexibility index (Phi) is 3.29. The highest BCUT2D eigenvalue weighted by Gasteiger charge is 2.65. The van der Waals surface area contributed by atoms with Crippen molar-refractivity contribution in [2.75, 3.05) is 25.1 Å². The minimum Gasteiger partial charge on any atom is -0.481 e. The van der Waals surface area contributed by atoms with Crippen LogP contribution in [-0.4, -0.2) is 51.2 Å². The van der Waals surface area contributed by atoms with Crippen LogP contribution in [0.25, 0.3) is 0 Å². The van der Waals surface area contributed by atoms with Gasteiger partial charge in [-0.15, -0.1) is 0 Å². The third-order valence-electron chi connectivity index (χ3n) is 4.51. The van der Waals surface area contributed by atoms with Gasteiger partial charge in [0.15, 0.2) is 5.82 Å². The Morgan fingerprint density at radius 1 is 1.55 bits per heavy atom. The minimum absolute atomic E-state index is 0.163. The van der Waals surface area contributed by atoms with E-state index in [1.807, 2.05) is 25.6 Å². The van der Waals surface area contributed by atoms with Crippen LogP contribution >= 0.6 is 11.8 Å². The maximum absolute atomic E-state index is 11.2. The molecule has 0 spiro atoms. The molecule has 0 radical (unpaired) electrons. The number of carboxylic acids is 1. The van der Waals surface area contributed by atoms with Gasteiger partial charge in [-0.1, -0.05) is 19.0 Å². The van der Waals surface area contributed by atoms with Crippen LogP contribution < -0.4 is 0 Å². The van der Waals surface area contributed by atoms with Crippen molar-refractivity contribution in [1.82, 2.24) is 15.0 Å². The molecule has 2 fully saturated rings. The van der Waals surface area contributed by atoms with Gasteiger partial charge in [0.2, 0.25) is 5.89 Å². The Morgan fingerprint density at radius 3 is 2.90 bits per heavy atom. The number of thioether (sulfide) groups is 1. The zero-order valence-electron chi connectivity index (χ0n) is 11.9. The van der Waals surface area contributed by atoms with Crippen LogP contribution in [0.1, 0.15) is 37.5 Å². The molecule has 7 heteroatoms.